The zero-order valence-corrected chi connectivity index (χ0v) is 24.7. The van der Waals surface area contributed by atoms with Gasteiger partial charge in [0.2, 0.25) is 0 Å². The minimum atomic E-state index is -1.50. The molecular formula is C28H32FN5O6S. The molecule has 0 unspecified atom stereocenters. The molecule has 0 saturated heterocycles. The van der Waals surface area contributed by atoms with Crippen LogP contribution in [0.3, 0.4) is 0 Å². The van der Waals surface area contributed by atoms with Crippen molar-refractivity contribution in [3.63, 3.8) is 0 Å². The second kappa shape index (κ2) is 11.4. The molecule has 1 aromatic carbocycles. The summed E-state index contributed by atoms with van der Waals surface area (Å²) in [6.07, 6.45) is 1.94. The summed E-state index contributed by atoms with van der Waals surface area (Å²) in [6.45, 7) is 9.43. The minimum Gasteiger partial charge on any atom is -0.496 e. The van der Waals surface area contributed by atoms with E-state index in [4.69, 9.17) is 9.47 Å². The van der Waals surface area contributed by atoms with E-state index in [1.807, 2.05) is 13.8 Å². The fourth-order valence-corrected chi connectivity index (χ4v) is 5.99. The lowest BCUT2D eigenvalue weighted by Gasteiger charge is -2.28. The Balaban J connectivity index is 2.06. The molecule has 0 aliphatic rings. The lowest BCUT2D eigenvalue weighted by Crippen LogP contribution is -2.53. The number of nitrogens with zero attached hydrogens (tertiary/aromatic N) is 5. The fourth-order valence-electron chi connectivity index (χ4n) is 4.77. The third kappa shape index (κ3) is 5.58. The standard InChI is InChI=1S/C28H32FN5O6S/c1-15(2)12-22(36)28(5,6)33-24(37)23-16(3)25(34-30-10-11-31-34)41-26(23)32(27(33)38)14-21(40-17(4)35)19-13-18(29)8-9-20(19)39-7/h8-11,13,15,21H,12,14H2,1-7H3/t21-/m0/s1. The normalized spacial score (nSPS) is 12.6. The van der Waals surface area contributed by atoms with E-state index in [1.165, 1.54) is 67.8 Å². The number of carbonyl (C=O) groups is 2. The van der Waals surface area contributed by atoms with E-state index in [0.717, 1.165) is 15.9 Å². The lowest BCUT2D eigenvalue weighted by atomic mass is 9.91. The van der Waals surface area contributed by atoms with Gasteiger partial charge < -0.3 is 9.47 Å². The molecule has 0 bridgehead atoms. The van der Waals surface area contributed by atoms with Crippen molar-refractivity contribution in [2.24, 2.45) is 5.92 Å². The highest BCUT2D eigenvalue weighted by Gasteiger charge is 2.36. The van der Waals surface area contributed by atoms with Crippen LogP contribution in [-0.4, -0.2) is 43.0 Å². The van der Waals surface area contributed by atoms with Crippen molar-refractivity contribution < 1.29 is 23.5 Å². The van der Waals surface area contributed by atoms with Crippen molar-refractivity contribution in [1.82, 2.24) is 24.1 Å². The number of rotatable bonds is 10. The first-order valence-electron chi connectivity index (χ1n) is 13.0. The van der Waals surface area contributed by atoms with Gasteiger partial charge in [0.25, 0.3) is 5.56 Å². The van der Waals surface area contributed by atoms with Gasteiger partial charge in [-0.05, 0) is 44.9 Å². The molecule has 4 aromatic rings. The van der Waals surface area contributed by atoms with Crippen molar-refractivity contribution in [1.29, 1.82) is 0 Å². The van der Waals surface area contributed by atoms with Crippen molar-refractivity contribution in [3.8, 4) is 10.8 Å². The highest BCUT2D eigenvalue weighted by atomic mass is 32.1. The summed E-state index contributed by atoms with van der Waals surface area (Å²) >= 11 is 1.10. The Morgan fingerprint density at radius 2 is 1.80 bits per heavy atom. The number of aryl methyl sites for hydroxylation is 1. The van der Waals surface area contributed by atoms with Gasteiger partial charge in [0.05, 0.1) is 31.4 Å². The predicted molar refractivity (Wildman–Crippen MR) is 151 cm³/mol. The molecule has 0 N–H and O–H groups in total. The fraction of sp³-hybridized carbons (Fsp3) is 0.429. The zero-order chi connectivity index (χ0) is 30.2. The summed E-state index contributed by atoms with van der Waals surface area (Å²) in [5, 5.41) is 9.04. The number of aromatic nitrogens is 5. The van der Waals surface area contributed by atoms with Gasteiger partial charge in [-0.3, -0.25) is 19.0 Å². The van der Waals surface area contributed by atoms with Crippen molar-refractivity contribution in [2.45, 2.75) is 66.2 Å². The first kappa shape index (κ1) is 29.8. The number of carbonyl (C=O) groups excluding carboxylic acids is 2. The van der Waals surface area contributed by atoms with Crippen LogP contribution in [0.5, 0.6) is 5.75 Å². The summed E-state index contributed by atoms with van der Waals surface area (Å²) in [5.74, 6) is -1.32. The molecule has 0 fully saturated rings. The van der Waals surface area contributed by atoms with Gasteiger partial charge in [0, 0.05) is 24.5 Å². The van der Waals surface area contributed by atoms with Crippen LogP contribution in [0.15, 0.2) is 40.2 Å². The molecule has 0 amide bonds. The van der Waals surface area contributed by atoms with Crippen molar-refractivity contribution in [2.75, 3.05) is 7.11 Å². The van der Waals surface area contributed by atoms with Crippen LogP contribution < -0.4 is 16.0 Å². The predicted octanol–water partition coefficient (Wildman–Crippen LogP) is 3.92. The quantitative estimate of drug-likeness (QED) is 0.256. The molecule has 3 heterocycles. The number of esters is 1. The molecule has 0 saturated carbocycles. The van der Waals surface area contributed by atoms with Gasteiger partial charge in [-0.25, -0.2) is 13.8 Å². The molecule has 13 heteroatoms. The smallest absolute Gasteiger partial charge is 0.333 e. The Bertz CT molecular complexity index is 1740. The SMILES string of the molecule is COc1ccc(F)cc1[C@H](Cn1c(=O)n(C(C)(C)C(=O)CC(C)C)c(=O)c2c(C)c(-n3nccn3)sc21)OC(C)=O. The average Bonchev–Trinajstić information content (AvgIpc) is 3.53. The van der Waals surface area contributed by atoms with Crippen LogP contribution in [-0.2, 0) is 26.4 Å². The van der Waals surface area contributed by atoms with Crippen LogP contribution in [0.2, 0.25) is 0 Å². The number of hydrogen-bond acceptors (Lipinski definition) is 9. The number of Topliss-reactive ketones (excluding diaryl/α,β-unsaturated/α-hetero) is 1. The summed E-state index contributed by atoms with van der Waals surface area (Å²) in [4.78, 5) is 55.4. The molecule has 218 valence electrons. The molecule has 0 aliphatic heterocycles. The van der Waals surface area contributed by atoms with Crippen LogP contribution >= 0.6 is 11.3 Å². The van der Waals surface area contributed by atoms with E-state index in [-0.39, 0.29) is 46.2 Å². The van der Waals surface area contributed by atoms with Crippen LogP contribution in [0.4, 0.5) is 4.39 Å². The average molecular weight is 586 g/mol. The third-order valence-corrected chi connectivity index (χ3v) is 8.10. The summed E-state index contributed by atoms with van der Waals surface area (Å²) in [6, 6.07) is 3.76. The summed E-state index contributed by atoms with van der Waals surface area (Å²) in [7, 11) is 1.39. The number of benzene rings is 1. The van der Waals surface area contributed by atoms with E-state index in [9.17, 15) is 23.6 Å². The van der Waals surface area contributed by atoms with Gasteiger partial charge >= 0.3 is 11.7 Å². The molecule has 0 aliphatic carbocycles. The van der Waals surface area contributed by atoms with Gasteiger partial charge in [-0.1, -0.05) is 25.2 Å². The molecule has 0 radical (unpaired) electrons. The number of fused-ring (bicyclic) bond motifs is 1. The first-order valence-corrected chi connectivity index (χ1v) is 13.8. The first-order chi connectivity index (χ1) is 19.3. The maximum Gasteiger partial charge on any atom is 0.333 e. The molecule has 3 aromatic heterocycles. The van der Waals surface area contributed by atoms with Crippen molar-refractivity contribution in [3.05, 3.63) is 68.4 Å². The van der Waals surface area contributed by atoms with E-state index in [1.54, 1.807) is 6.92 Å². The second-order valence-electron chi connectivity index (χ2n) is 10.6. The Labute approximate surface area is 239 Å². The second-order valence-corrected chi connectivity index (χ2v) is 11.6. The van der Waals surface area contributed by atoms with Gasteiger partial charge in [0.1, 0.15) is 33.0 Å². The van der Waals surface area contributed by atoms with Gasteiger partial charge in [0.15, 0.2) is 5.78 Å². The molecule has 41 heavy (non-hydrogen) atoms. The summed E-state index contributed by atoms with van der Waals surface area (Å²) < 4.78 is 27.6. The largest absolute Gasteiger partial charge is 0.496 e. The zero-order valence-electron chi connectivity index (χ0n) is 23.9. The Morgan fingerprint density at radius 3 is 2.39 bits per heavy atom. The molecule has 1 atom stereocenters. The topological polar surface area (TPSA) is 127 Å². The number of hydrogen-bond donors (Lipinski definition) is 0. The van der Waals surface area contributed by atoms with Crippen LogP contribution in [0, 0.1) is 18.7 Å². The number of methoxy groups -OCH3 is 1. The van der Waals surface area contributed by atoms with E-state index >= 15 is 0 Å². The van der Waals surface area contributed by atoms with Crippen LogP contribution in [0.1, 0.15) is 58.3 Å². The number of ketones is 1. The molecular weight excluding hydrogens is 553 g/mol. The lowest BCUT2D eigenvalue weighted by molar-refractivity contribution is -0.147. The Morgan fingerprint density at radius 1 is 1.15 bits per heavy atom. The van der Waals surface area contributed by atoms with Gasteiger partial charge in [-0.2, -0.15) is 10.2 Å². The molecule has 0 spiro atoms. The maximum atomic E-state index is 14.4. The van der Waals surface area contributed by atoms with E-state index < -0.39 is 34.7 Å². The van der Waals surface area contributed by atoms with E-state index in [2.05, 4.69) is 10.2 Å². The number of thiophene rings is 1. The maximum absolute atomic E-state index is 14.4. The number of ether oxygens (including phenoxy) is 2. The Kier molecular flexibility index (Phi) is 8.29. The van der Waals surface area contributed by atoms with Gasteiger partial charge in [-0.15, -0.1) is 4.80 Å². The monoisotopic (exact) mass is 585 g/mol. The van der Waals surface area contributed by atoms with E-state index in [0.29, 0.717) is 10.6 Å². The van der Waals surface area contributed by atoms with Crippen molar-refractivity contribution >= 4 is 33.3 Å². The molecule has 4 rings (SSSR count). The minimum absolute atomic E-state index is 0.00222. The summed E-state index contributed by atoms with van der Waals surface area (Å²) in [5.41, 5.74) is -2.22. The molecule has 11 nitrogen and oxygen atoms in total. The Hall–Kier alpha value is -4.13. The highest BCUT2D eigenvalue weighted by Crippen LogP contribution is 2.34. The number of halogens is 1. The van der Waals surface area contributed by atoms with Crippen LogP contribution in [0.25, 0.3) is 15.2 Å². The highest BCUT2D eigenvalue weighted by molar-refractivity contribution is 7.21. The third-order valence-electron chi connectivity index (χ3n) is 6.82.